The molecule has 1 rings (SSSR count). The fourth-order valence-corrected chi connectivity index (χ4v) is 2.90. The molecule has 1 aliphatic rings. The van der Waals surface area contributed by atoms with Crippen LogP contribution >= 0.6 is 0 Å². The highest BCUT2D eigenvalue weighted by Crippen LogP contribution is 2.26. The average Bonchev–Trinajstić information content (AvgIpc) is 2.57. The largest absolute Gasteiger partial charge is 0.316 e. The topological polar surface area (TPSA) is 15.3 Å². The molecule has 0 radical (unpaired) electrons. The second-order valence-corrected chi connectivity index (χ2v) is 5.81. The van der Waals surface area contributed by atoms with Crippen molar-refractivity contribution in [2.24, 2.45) is 11.8 Å². The summed E-state index contributed by atoms with van der Waals surface area (Å²) in [5, 5.41) is 3.54. The molecule has 0 bridgehead atoms. The van der Waals surface area contributed by atoms with Crippen LogP contribution in [0.4, 0.5) is 0 Å². The molecule has 2 nitrogen and oxygen atoms in total. The highest BCUT2D eigenvalue weighted by atomic mass is 15.2. The van der Waals surface area contributed by atoms with Crippen LogP contribution < -0.4 is 5.32 Å². The predicted molar refractivity (Wildman–Crippen MR) is 71.7 cm³/mol. The Morgan fingerprint density at radius 2 is 2.00 bits per heavy atom. The Hall–Kier alpha value is -0.0800. The van der Waals surface area contributed by atoms with Crippen molar-refractivity contribution in [2.75, 3.05) is 19.6 Å². The van der Waals surface area contributed by atoms with Crippen molar-refractivity contribution in [2.45, 2.75) is 59.5 Å². The third kappa shape index (κ3) is 3.74. The normalized spacial score (nSPS) is 30.6. The van der Waals surface area contributed by atoms with Gasteiger partial charge in [-0.25, -0.2) is 0 Å². The first-order chi connectivity index (χ1) is 7.56. The van der Waals surface area contributed by atoms with E-state index in [2.05, 4.69) is 44.8 Å². The van der Waals surface area contributed by atoms with E-state index in [0.717, 1.165) is 31.0 Å². The summed E-state index contributed by atoms with van der Waals surface area (Å²) in [5.41, 5.74) is 0. The molecule has 2 heteroatoms. The van der Waals surface area contributed by atoms with E-state index in [1.165, 1.54) is 19.4 Å². The van der Waals surface area contributed by atoms with Crippen molar-refractivity contribution < 1.29 is 0 Å². The first-order valence-electron chi connectivity index (χ1n) is 7.02. The maximum atomic E-state index is 3.54. The molecule has 0 spiro atoms. The minimum atomic E-state index is 0.712. The Labute approximate surface area is 102 Å². The molecule has 1 fully saturated rings. The number of nitrogens with zero attached hydrogens (tertiary/aromatic N) is 1. The van der Waals surface area contributed by atoms with Crippen LogP contribution in [0.25, 0.3) is 0 Å². The lowest BCUT2D eigenvalue weighted by atomic mass is 10.0. The number of hydrogen-bond donors (Lipinski definition) is 1. The molecule has 1 saturated heterocycles. The van der Waals surface area contributed by atoms with Crippen LogP contribution in [0.5, 0.6) is 0 Å². The zero-order valence-electron chi connectivity index (χ0n) is 11.8. The Morgan fingerprint density at radius 3 is 2.50 bits per heavy atom. The Bertz CT molecular complexity index is 193. The van der Waals surface area contributed by atoms with E-state index < -0.39 is 0 Å². The van der Waals surface area contributed by atoms with Gasteiger partial charge in [-0.15, -0.1) is 0 Å². The summed E-state index contributed by atoms with van der Waals surface area (Å²) in [7, 11) is 0. The molecule has 0 aromatic heterocycles. The van der Waals surface area contributed by atoms with Crippen LogP contribution in [-0.2, 0) is 0 Å². The maximum Gasteiger partial charge on any atom is 0.0108 e. The zero-order chi connectivity index (χ0) is 12.1. The third-order valence-electron chi connectivity index (χ3n) is 4.07. The predicted octanol–water partition coefficient (Wildman–Crippen LogP) is 2.74. The summed E-state index contributed by atoms with van der Waals surface area (Å²) in [6, 6.07) is 1.49. The van der Waals surface area contributed by atoms with Crippen LogP contribution in [0.3, 0.4) is 0 Å². The monoisotopic (exact) mass is 226 g/mol. The first-order valence-corrected chi connectivity index (χ1v) is 7.02. The SMILES string of the molecule is CCCNCC(C)C(C)N1CC(C)CC1C. The molecule has 1 aliphatic heterocycles. The highest BCUT2D eigenvalue weighted by Gasteiger charge is 2.31. The van der Waals surface area contributed by atoms with Gasteiger partial charge in [0, 0.05) is 18.6 Å². The van der Waals surface area contributed by atoms with Gasteiger partial charge < -0.3 is 5.32 Å². The minimum absolute atomic E-state index is 0.712. The van der Waals surface area contributed by atoms with Crippen molar-refractivity contribution in [1.29, 1.82) is 0 Å². The second kappa shape index (κ2) is 6.61. The fraction of sp³-hybridized carbons (Fsp3) is 1.00. The molecule has 4 unspecified atom stereocenters. The number of rotatable bonds is 6. The van der Waals surface area contributed by atoms with E-state index in [4.69, 9.17) is 0 Å². The molecule has 96 valence electrons. The molecular formula is C14H30N2. The van der Waals surface area contributed by atoms with Gasteiger partial charge in [0.2, 0.25) is 0 Å². The van der Waals surface area contributed by atoms with Gasteiger partial charge in [0.1, 0.15) is 0 Å². The second-order valence-electron chi connectivity index (χ2n) is 5.81. The number of nitrogens with one attached hydrogen (secondary N) is 1. The molecule has 1 N–H and O–H groups in total. The quantitative estimate of drug-likeness (QED) is 0.701. The summed E-state index contributed by atoms with van der Waals surface area (Å²) < 4.78 is 0. The molecule has 0 aromatic rings. The van der Waals surface area contributed by atoms with E-state index in [9.17, 15) is 0 Å². The van der Waals surface area contributed by atoms with Crippen LogP contribution in [0.2, 0.25) is 0 Å². The van der Waals surface area contributed by atoms with E-state index >= 15 is 0 Å². The maximum absolute atomic E-state index is 3.54. The van der Waals surface area contributed by atoms with Gasteiger partial charge in [-0.05, 0) is 51.6 Å². The van der Waals surface area contributed by atoms with Gasteiger partial charge in [-0.2, -0.15) is 0 Å². The number of hydrogen-bond acceptors (Lipinski definition) is 2. The van der Waals surface area contributed by atoms with Crippen LogP contribution in [0.15, 0.2) is 0 Å². The van der Waals surface area contributed by atoms with Crippen molar-refractivity contribution in [3.05, 3.63) is 0 Å². The van der Waals surface area contributed by atoms with Gasteiger partial charge in [-0.3, -0.25) is 4.90 Å². The van der Waals surface area contributed by atoms with E-state index in [0.29, 0.717) is 6.04 Å². The summed E-state index contributed by atoms with van der Waals surface area (Å²) in [4.78, 5) is 2.70. The smallest absolute Gasteiger partial charge is 0.0108 e. The van der Waals surface area contributed by atoms with Gasteiger partial charge >= 0.3 is 0 Å². The van der Waals surface area contributed by atoms with Gasteiger partial charge in [0.05, 0.1) is 0 Å². The van der Waals surface area contributed by atoms with Gasteiger partial charge in [-0.1, -0.05) is 20.8 Å². The van der Waals surface area contributed by atoms with Crippen molar-refractivity contribution in [3.63, 3.8) is 0 Å². The lowest BCUT2D eigenvalue weighted by Gasteiger charge is -2.33. The molecule has 4 atom stereocenters. The Morgan fingerprint density at radius 1 is 1.31 bits per heavy atom. The van der Waals surface area contributed by atoms with Crippen molar-refractivity contribution in [3.8, 4) is 0 Å². The number of likely N-dealkylation sites (tertiary alicyclic amines) is 1. The van der Waals surface area contributed by atoms with E-state index in [1.807, 2.05) is 0 Å². The lowest BCUT2D eigenvalue weighted by molar-refractivity contribution is 0.151. The van der Waals surface area contributed by atoms with Gasteiger partial charge in [0.15, 0.2) is 0 Å². The average molecular weight is 226 g/mol. The minimum Gasteiger partial charge on any atom is -0.316 e. The molecular weight excluding hydrogens is 196 g/mol. The Kier molecular flexibility index (Phi) is 5.77. The fourth-order valence-electron chi connectivity index (χ4n) is 2.90. The molecule has 0 saturated carbocycles. The van der Waals surface area contributed by atoms with E-state index in [1.54, 1.807) is 0 Å². The van der Waals surface area contributed by atoms with Crippen LogP contribution in [0.1, 0.15) is 47.5 Å². The molecule has 0 aromatic carbocycles. The lowest BCUT2D eigenvalue weighted by Crippen LogP contribution is -2.43. The van der Waals surface area contributed by atoms with Gasteiger partial charge in [0.25, 0.3) is 0 Å². The third-order valence-corrected chi connectivity index (χ3v) is 4.07. The Balaban J connectivity index is 2.34. The van der Waals surface area contributed by atoms with Crippen molar-refractivity contribution >= 4 is 0 Å². The highest BCUT2D eigenvalue weighted by molar-refractivity contribution is 4.86. The summed E-state index contributed by atoms with van der Waals surface area (Å²) in [5.74, 6) is 1.63. The summed E-state index contributed by atoms with van der Waals surface area (Å²) in [6.07, 6.45) is 2.61. The van der Waals surface area contributed by atoms with E-state index in [-0.39, 0.29) is 0 Å². The van der Waals surface area contributed by atoms with Crippen molar-refractivity contribution in [1.82, 2.24) is 10.2 Å². The van der Waals surface area contributed by atoms with Crippen LogP contribution in [0, 0.1) is 11.8 Å². The molecule has 16 heavy (non-hydrogen) atoms. The summed E-state index contributed by atoms with van der Waals surface area (Å²) >= 11 is 0. The standard InChI is InChI=1S/C14H30N2/c1-6-7-15-9-12(3)14(5)16-10-11(2)8-13(16)4/h11-15H,6-10H2,1-5H3. The zero-order valence-corrected chi connectivity index (χ0v) is 11.8. The van der Waals surface area contributed by atoms with Crippen LogP contribution in [-0.4, -0.2) is 36.6 Å². The molecule has 1 heterocycles. The first kappa shape index (κ1) is 14.0. The molecule has 0 aliphatic carbocycles. The summed E-state index contributed by atoms with van der Waals surface area (Å²) in [6.45, 7) is 15.4. The molecule has 0 amide bonds.